The molecule has 0 aliphatic rings. The van der Waals surface area contributed by atoms with Crippen LogP contribution < -0.4 is 10.5 Å². The summed E-state index contributed by atoms with van der Waals surface area (Å²) in [5.74, 6) is 0.930. The van der Waals surface area contributed by atoms with Crippen LogP contribution in [0.15, 0.2) is 24.3 Å². The second kappa shape index (κ2) is 8.94. The Kier molecular flexibility index (Phi) is 7.53. The number of benzene rings is 1. The van der Waals surface area contributed by atoms with Crippen molar-refractivity contribution in [3.8, 4) is 5.75 Å². The monoisotopic (exact) mass is 264 g/mol. The smallest absolute Gasteiger partial charge is 0.119 e. The van der Waals surface area contributed by atoms with E-state index in [4.69, 9.17) is 10.5 Å². The molecule has 0 saturated heterocycles. The standard InChI is InChI=1S/C16H28N2O/c1-4-11-18(12-5-2)16(13-17)14-7-9-15(10-8-14)19-6-3/h7-10,16H,4-6,11-13,17H2,1-3H3. The molecule has 3 heteroatoms. The molecule has 0 heterocycles. The maximum Gasteiger partial charge on any atom is 0.119 e. The molecule has 108 valence electrons. The average molecular weight is 264 g/mol. The van der Waals surface area contributed by atoms with Gasteiger partial charge in [-0.1, -0.05) is 26.0 Å². The summed E-state index contributed by atoms with van der Waals surface area (Å²) in [6, 6.07) is 8.67. The number of ether oxygens (including phenoxy) is 1. The zero-order valence-electron chi connectivity index (χ0n) is 12.6. The Morgan fingerprint density at radius 3 is 2.05 bits per heavy atom. The first-order valence-electron chi connectivity index (χ1n) is 7.43. The SMILES string of the molecule is CCCN(CCC)C(CN)c1ccc(OCC)cc1. The third-order valence-electron chi connectivity index (χ3n) is 3.26. The van der Waals surface area contributed by atoms with Crippen LogP contribution in [0.2, 0.25) is 0 Å². The van der Waals surface area contributed by atoms with Gasteiger partial charge in [0.05, 0.1) is 6.61 Å². The Morgan fingerprint density at radius 1 is 1.05 bits per heavy atom. The first-order valence-corrected chi connectivity index (χ1v) is 7.43. The minimum atomic E-state index is 0.315. The second-order valence-corrected chi connectivity index (χ2v) is 4.79. The average Bonchev–Trinajstić information content (AvgIpc) is 2.42. The molecule has 1 atom stereocenters. The van der Waals surface area contributed by atoms with Gasteiger partial charge >= 0.3 is 0 Å². The molecule has 2 N–H and O–H groups in total. The van der Waals surface area contributed by atoms with Crippen molar-refractivity contribution in [2.75, 3.05) is 26.2 Å². The Labute approximate surface area is 117 Å². The maximum atomic E-state index is 5.99. The van der Waals surface area contributed by atoms with Gasteiger partial charge in [0.25, 0.3) is 0 Å². The van der Waals surface area contributed by atoms with E-state index in [1.54, 1.807) is 0 Å². The zero-order valence-corrected chi connectivity index (χ0v) is 12.6. The van der Waals surface area contributed by atoms with Gasteiger partial charge in [-0.3, -0.25) is 4.90 Å². The van der Waals surface area contributed by atoms with Crippen molar-refractivity contribution in [2.45, 2.75) is 39.7 Å². The van der Waals surface area contributed by atoms with Crippen LogP contribution in [0.3, 0.4) is 0 Å². The molecule has 0 spiro atoms. The molecule has 3 nitrogen and oxygen atoms in total. The van der Waals surface area contributed by atoms with Gasteiger partial charge in [-0.2, -0.15) is 0 Å². The van der Waals surface area contributed by atoms with Gasteiger partial charge in [-0.25, -0.2) is 0 Å². The number of hydrogen-bond donors (Lipinski definition) is 1. The van der Waals surface area contributed by atoms with Gasteiger partial charge in [0, 0.05) is 12.6 Å². The molecule has 0 amide bonds. The fourth-order valence-corrected chi connectivity index (χ4v) is 2.45. The van der Waals surface area contributed by atoms with Crippen LogP contribution in [0, 0.1) is 0 Å². The molecule has 0 radical (unpaired) electrons. The zero-order chi connectivity index (χ0) is 14.1. The molecule has 0 fully saturated rings. The van der Waals surface area contributed by atoms with E-state index in [2.05, 4.69) is 30.9 Å². The van der Waals surface area contributed by atoms with E-state index in [-0.39, 0.29) is 0 Å². The third kappa shape index (κ3) is 4.84. The Bertz CT molecular complexity index is 331. The minimum absolute atomic E-state index is 0.315. The third-order valence-corrected chi connectivity index (χ3v) is 3.26. The highest BCUT2D eigenvalue weighted by Crippen LogP contribution is 2.23. The summed E-state index contributed by atoms with van der Waals surface area (Å²) in [5.41, 5.74) is 7.28. The summed E-state index contributed by atoms with van der Waals surface area (Å²) >= 11 is 0. The summed E-state index contributed by atoms with van der Waals surface area (Å²) in [6.45, 7) is 10.0. The van der Waals surface area contributed by atoms with E-state index in [0.29, 0.717) is 19.2 Å². The van der Waals surface area contributed by atoms with Crippen LogP contribution in [0.5, 0.6) is 5.75 Å². The van der Waals surface area contributed by atoms with E-state index in [1.807, 2.05) is 19.1 Å². The van der Waals surface area contributed by atoms with Gasteiger partial charge < -0.3 is 10.5 Å². The van der Waals surface area contributed by atoms with Gasteiger partial charge in [-0.05, 0) is 50.6 Å². The van der Waals surface area contributed by atoms with Crippen molar-refractivity contribution < 1.29 is 4.74 Å². The first-order chi connectivity index (χ1) is 9.26. The molecule has 1 rings (SSSR count). The lowest BCUT2D eigenvalue weighted by molar-refractivity contribution is 0.202. The molecule has 0 aliphatic carbocycles. The Balaban J connectivity index is 2.81. The Morgan fingerprint density at radius 2 is 1.63 bits per heavy atom. The maximum absolute atomic E-state index is 5.99. The van der Waals surface area contributed by atoms with Crippen molar-refractivity contribution in [3.05, 3.63) is 29.8 Å². The predicted molar refractivity (Wildman–Crippen MR) is 81.6 cm³/mol. The second-order valence-electron chi connectivity index (χ2n) is 4.79. The highest BCUT2D eigenvalue weighted by Gasteiger charge is 2.17. The molecule has 1 aromatic rings. The van der Waals surface area contributed by atoms with Crippen molar-refractivity contribution in [1.29, 1.82) is 0 Å². The van der Waals surface area contributed by atoms with Crippen molar-refractivity contribution in [3.63, 3.8) is 0 Å². The van der Waals surface area contributed by atoms with Crippen molar-refractivity contribution >= 4 is 0 Å². The van der Waals surface area contributed by atoms with Crippen LogP contribution in [-0.2, 0) is 0 Å². The van der Waals surface area contributed by atoms with Crippen LogP contribution in [0.4, 0.5) is 0 Å². The summed E-state index contributed by atoms with van der Waals surface area (Å²) < 4.78 is 5.48. The fourth-order valence-electron chi connectivity index (χ4n) is 2.45. The number of nitrogens with two attached hydrogens (primary N) is 1. The van der Waals surface area contributed by atoms with Crippen molar-refractivity contribution in [2.24, 2.45) is 5.73 Å². The molecule has 0 aromatic heterocycles. The summed E-state index contributed by atoms with van der Waals surface area (Å²) in [4.78, 5) is 2.48. The van der Waals surface area contributed by atoms with Crippen LogP contribution in [-0.4, -0.2) is 31.1 Å². The Hall–Kier alpha value is -1.06. The van der Waals surface area contributed by atoms with Crippen LogP contribution in [0.1, 0.15) is 45.2 Å². The van der Waals surface area contributed by atoms with Crippen LogP contribution >= 0.6 is 0 Å². The molecule has 1 unspecified atom stereocenters. The normalized spacial score (nSPS) is 12.7. The van der Waals surface area contributed by atoms with Gasteiger partial charge in [0.1, 0.15) is 5.75 Å². The lowest BCUT2D eigenvalue weighted by Crippen LogP contribution is -2.35. The largest absolute Gasteiger partial charge is 0.494 e. The molecule has 0 saturated carbocycles. The lowest BCUT2D eigenvalue weighted by Gasteiger charge is -2.30. The van der Waals surface area contributed by atoms with Crippen LogP contribution in [0.25, 0.3) is 0 Å². The summed E-state index contributed by atoms with van der Waals surface area (Å²) in [7, 11) is 0. The first kappa shape index (κ1) is 16.0. The van der Waals surface area contributed by atoms with E-state index < -0.39 is 0 Å². The number of hydrogen-bond acceptors (Lipinski definition) is 3. The highest BCUT2D eigenvalue weighted by atomic mass is 16.5. The van der Waals surface area contributed by atoms with Gasteiger partial charge in [0.15, 0.2) is 0 Å². The predicted octanol–water partition coefficient (Wildman–Crippen LogP) is 3.21. The minimum Gasteiger partial charge on any atom is -0.494 e. The lowest BCUT2D eigenvalue weighted by atomic mass is 10.0. The number of nitrogens with zero attached hydrogens (tertiary/aromatic N) is 1. The van der Waals surface area contributed by atoms with E-state index in [1.165, 1.54) is 5.56 Å². The van der Waals surface area contributed by atoms with Gasteiger partial charge in [-0.15, -0.1) is 0 Å². The molecule has 1 aromatic carbocycles. The molecule has 0 bridgehead atoms. The topological polar surface area (TPSA) is 38.5 Å². The molecular formula is C16H28N2O. The number of rotatable bonds is 9. The van der Waals surface area contributed by atoms with E-state index in [9.17, 15) is 0 Å². The quantitative estimate of drug-likeness (QED) is 0.744. The summed E-state index contributed by atoms with van der Waals surface area (Å²) in [5, 5.41) is 0. The fraction of sp³-hybridized carbons (Fsp3) is 0.625. The highest BCUT2D eigenvalue weighted by molar-refractivity contribution is 5.29. The molecule has 0 aliphatic heterocycles. The van der Waals surface area contributed by atoms with Crippen molar-refractivity contribution in [1.82, 2.24) is 4.90 Å². The summed E-state index contributed by atoms with van der Waals surface area (Å²) in [6.07, 6.45) is 2.32. The van der Waals surface area contributed by atoms with E-state index >= 15 is 0 Å². The molecule has 19 heavy (non-hydrogen) atoms. The van der Waals surface area contributed by atoms with E-state index in [0.717, 1.165) is 31.7 Å². The van der Waals surface area contributed by atoms with Gasteiger partial charge in [0.2, 0.25) is 0 Å². The molecular weight excluding hydrogens is 236 g/mol.